The number of hydrogen-bond donors (Lipinski definition) is 0. The van der Waals surface area contributed by atoms with Crippen LogP contribution in [0.15, 0.2) is 48.5 Å². The molecular weight excluding hydrogens is 239 g/mol. The van der Waals surface area contributed by atoms with Gasteiger partial charge in [0.15, 0.2) is 0 Å². The highest BCUT2D eigenvalue weighted by Crippen LogP contribution is 2.16. The third-order valence-electron chi connectivity index (χ3n) is 2.43. The number of hydrogen-bond acceptors (Lipinski definition) is 1. The molecule has 88 valence electrons. The molecule has 0 heterocycles. The Balaban J connectivity index is 2.00. The zero-order chi connectivity index (χ0) is 12.1. The number of alkyl halides is 1. The van der Waals surface area contributed by atoms with E-state index in [1.54, 1.807) is 18.2 Å². The summed E-state index contributed by atoms with van der Waals surface area (Å²) in [7, 11) is 0. The molecule has 0 bridgehead atoms. The van der Waals surface area contributed by atoms with Crippen LogP contribution in [0.4, 0.5) is 4.39 Å². The number of rotatable bonds is 4. The summed E-state index contributed by atoms with van der Waals surface area (Å²) >= 11 is 5.68. The Bertz CT molecular complexity index is 482. The summed E-state index contributed by atoms with van der Waals surface area (Å²) < 4.78 is 18.8. The summed E-state index contributed by atoms with van der Waals surface area (Å²) in [5.41, 5.74) is 1.58. The molecule has 2 aromatic carbocycles. The van der Waals surface area contributed by atoms with Crippen LogP contribution < -0.4 is 4.74 Å². The average Bonchev–Trinajstić information content (AvgIpc) is 2.38. The molecule has 0 saturated carbocycles. The minimum absolute atomic E-state index is 0.229. The van der Waals surface area contributed by atoms with Crippen molar-refractivity contribution in [2.45, 2.75) is 12.5 Å². The smallest absolute Gasteiger partial charge is 0.129 e. The van der Waals surface area contributed by atoms with Crippen LogP contribution >= 0.6 is 11.6 Å². The molecule has 1 nitrogen and oxygen atoms in total. The fraction of sp³-hybridized carbons (Fsp3) is 0.143. The summed E-state index contributed by atoms with van der Waals surface area (Å²) in [6.45, 7) is 0.229. The topological polar surface area (TPSA) is 9.23 Å². The molecule has 0 aliphatic rings. The Morgan fingerprint density at radius 1 is 1.00 bits per heavy atom. The van der Waals surface area contributed by atoms with E-state index in [9.17, 15) is 4.39 Å². The highest BCUT2D eigenvalue weighted by Gasteiger charge is 2.01. The second-order valence-electron chi connectivity index (χ2n) is 3.66. The van der Waals surface area contributed by atoms with Gasteiger partial charge in [-0.15, -0.1) is 11.6 Å². The predicted octanol–water partition coefficient (Wildman–Crippen LogP) is 4.14. The van der Waals surface area contributed by atoms with Gasteiger partial charge in [-0.3, -0.25) is 0 Å². The fourth-order valence-electron chi connectivity index (χ4n) is 1.45. The minimum atomic E-state index is -0.245. The maximum absolute atomic E-state index is 13.3. The fourth-order valence-corrected chi connectivity index (χ4v) is 1.63. The molecule has 2 aromatic rings. The summed E-state index contributed by atoms with van der Waals surface area (Å²) in [5, 5.41) is 0. The van der Waals surface area contributed by atoms with E-state index in [2.05, 4.69) is 0 Å². The largest absolute Gasteiger partial charge is 0.489 e. The second kappa shape index (κ2) is 5.69. The summed E-state index contributed by atoms with van der Waals surface area (Å²) in [6, 6.07) is 14.0. The lowest BCUT2D eigenvalue weighted by molar-refractivity contribution is 0.300. The molecule has 0 atom stereocenters. The highest BCUT2D eigenvalue weighted by atomic mass is 35.5. The third kappa shape index (κ3) is 3.21. The number of ether oxygens (including phenoxy) is 1. The van der Waals surface area contributed by atoms with Gasteiger partial charge in [-0.1, -0.05) is 30.3 Å². The van der Waals surface area contributed by atoms with Gasteiger partial charge in [0.25, 0.3) is 0 Å². The molecule has 0 aliphatic heterocycles. The maximum Gasteiger partial charge on any atom is 0.129 e. The maximum atomic E-state index is 13.3. The van der Waals surface area contributed by atoms with E-state index < -0.39 is 0 Å². The lowest BCUT2D eigenvalue weighted by Crippen LogP contribution is -1.98. The van der Waals surface area contributed by atoms with Gasteiger partial charge in [0.05, 0.1) is 0 Å². The molecule has 0 aliphatic carbocycles. The molecule has 0 aromatic heterocycles. The Morgan fingerprint density at radius 2 is 1.71 bits per heavy atom. The van der Waals surface area contributed by atoms with Crippen LogP contribution in [0.5, 0.6) is 5.75 Å². The molecule has 0 N–H and O–H groups in total. The van der Waals surface area contributed by atoms with Crippen LogP contribution in [0.2, 0.25) is 0 Å². The Hall–Kier alpha value is -1.54. The summed E-state index contributed by atoms with van der Waals surface area (Å²) in [4.78, 5) is 0. The van der Waals surface area contributed by atoms with E-state index in [-0.39, 0.29) is 12.4 Å². The number of benzene rings is 2. The van der Waals surface area contributed by atoms with Crippen LogP contribution in [0, 0.1) is 5.82 Å². The molecule has 0 saturated heterocycles. The predicted molar refractivity (Wildman–Crippen MR) is 66.7 cm³/mol. The van der Waals surface area contributed by atoms with Crippen molar-refractivity contribution >= 4 is 11.6 Å². The standard InChI is InChI=1S/C14H12ClFO/c15-9-11-5-7-13(8-6-11)17-10-12-3-1-2-4-14(12)16/h1-8H,9-10H2. The van der Waals surface area contributed by atoms with E-state index >= 15 is 0 Å². The molecule has 0 unspecified atom stereocenters. The van der Waals surface area contributed by atoms with Crippen molar-refractivity contribution in [1.82, 2.24) is 0 Å². The molecule has 0 radical (unpaired) electrons. The van der Waals surface area contributed by atoms with Gasteiger partial charge in [0.1, 0.15) is 18.2 Å². The van der Waals surface area contributed by atoms with E-state index in [1.165, 1.54) is 6.07 Å². The van der Waals surface area contributed by atoms with Crippen molar-refractivity contribution in [2.75, 3.05) is 0 Å². The van der Waals surface area contributed by atoms with Gasteiger partial charge in [0.2, 0.25) is 0 Å². The highest BCUT2D eigenvalue weighted by molar-refractivity contribution is 6.17. The van der Waals surface area contributed by atoms with Gasteiger partial charge >= 0.3 is 0 Å². The van der Waals surface area contributed by atoms with Crippen molar-refractivity contribution in [3.05, 3.63) is 65.5 Å². The minimum Gasteiger partial charge on any atom is -0.489 e. The van der Waals surface area contributed by atoms with Crippen molar-refractivity contribution in [2.24, 2.45) is 0 Å². The zero-order valence-corrected chi connectivity index (χ0v) is 9.95. The molecular formula is C14H12ClFO. The quantitative estimate of drug-likeness (QED) is 0.741. The molecule has 0 amide bonds. The van der Waals surface area contributed by atoms with Crippen LogP contribution in [0.1, 0.15) is 11.1 Å². The van der Waals surface area contributed by atoms with Crippen molar-refractivity contribution < 1.29 is 9.13 Å². The van der Waals surface area contributed by atoms with Gasteiger partial charge in [0, 0.05) is 11.4 Å². The monoisotopic (exact) mass is 250 g/mol. The lowest BCUT2D eigenvalue weighted by Gasteiger charge is -2.07. The molecule has 17 heavy (non-hydrogen) atoms. The van der Waals surface area contributed by atoms with Crippen LogP contribution in [-0.4, -0.2) is 0 Å². The normalized spacial score (nSPS) is 10.2. The molecule has 2 rings (SSSR count). The second-order valence-corrected chi connectivity index (χ2v) is 3.92. The van der Waals surface area contributed by atoms with Crippen molar-refractivity contribution in [3.63, 3.8) is 0 Å². The first-order valence-corrected chi connectivity index (χ1v) is 5.84. The van der Waals surface area contributed by atoms with Crippen molar-refractivity contribution in [1.29, 1.82) is 0 Å². The molecule has 3 heteroatoms. The Labute approximate surface area is 105 Å². The molecule has 0 fully saturated rings. The Morgan fingerprint density at radius 3 is 2.35 bits per heavy atom. The van der Waals surface area contributed by atoms with Crippen LogP contribution in [0.25, 0.3) is 0 Å². The first-order chi connectivity index (χ1) is 8.29. The van der Waals surface area contributed by atoms with Gasteiger partial charge in [-0.2, -0.15) is 0 Å². The van der Waals surface area contributed by atoms with Crippen LogP contribution in [0.3, 0.4) is 0 Å². The van der Waals surface area contributed by atoms with Crippen LogP contribution in [-0.2, 0) is 12.5 Å². The van der Waals surface area contributed by atoms with Gasteiger partial charge in [-0.25, -0.2) is 4.39 Å². The van der Waals surface area contributed by atoms with Gasteiger partial charge in [-0.05, 0) is 23.8 Å². The third-order valence-corrected chi connectivity index (χ3v) is 2.74. The van der Waals surface area contributed by atoms with Crippen molar-refractivity contribution in [3.8, 4) is 5.75 Å². The first kappa shape index (κ1) is 11.9. The Kier molecular flexibility index (Phi) is 3.99. The number of halogens is 2. The van der Waals surface area contributed by atoms with E-state index in [4.69, 9.17) is 16.3 Å². The summed E-state index contributed by atoms with van der Waals surface area (Å²) in [5.74, 6) is 0.945. The van der Waals surface area contributed by atoms with E-state index in [1.807, 2.05) is 24.3 Å². The first-order valence-electron chi connectivity index (χ1n) is 5.30. The molecule has 0 spiro atoms. The van der Waals surface area contributed by atoms with E-state index in [0.717, 1.165) is 5.56 Å². The van der Waals surface area contributed by atoms with E-state index in [0.29, 0.717) is 17.2 Å². The summed E-state index contributed by atoms with van der Waals surface area (Å²) in [6.07, 6.45) is 0. The SMILES string of the molecule is Fc1ccccc1COc1ccc(CCl)cc1. The lowest BCUT2D eigenvalue weighted by atomic mass is 10.2. The average molecular weight is 251 g/mol. The zero-order valence-electron chi connectivity index (χ0n) is 9.20. The van der Waals surface area contributed by atoms with Gasteiger partial charge < -0.3 is 4.74 Å².